The van der Waals surface area contributed by atoms with E-state index in [2.05, 4.69) is 4.90 Å². The lowest BCUT2D eigenvalue weighted by molar-refractivity contribution is -0.150. The summed E-state index contributed by atoms with van der Waals surface area (Å²) in [6, 6.07) is 7.45. The maximum absolute atomic E-state index is 11.8. The number of carbonyl (C=O) groups is 1. The van der Waals surface area contributed by atoms with Crippen LogP contribution in [0.15, 0.2) is 24.3 Å². The van der Waals surface area contributed by atoms with Crippen molar-refractivity contribution in [1.82, 2.24) is 4.90 Å². The van der Waals surface area contributed by atoms with Gasteiger partial charge in [0.2, 0.25) is 0 Å². The van der Waals surface area contributed by atoms with Crippen molar-refractivity contribution < 1.29 is 19.4 Å². The van der Waals surface area contributed by atoms with Crippen molar-refractivity contribution in [2.24, 2.45) is 0 Å². The number of carbonyl (C=O) groups excluding carboxylic acids is 1. The zero-order valence-electron chi connectivity index (χ0n) is 12.8. The molecule has 1 N–H and O–H groups in total. The predicted octanol–water partition coefficient (Wildman–Crippen LogP) is 1.44. The van der Waals surface area contributed by atoms with Gasteiger partial charge in [-0.15, -0.1) is 0 Å². The molecule has 0 bridgehead atoms. The van der Waals surface area contributed by atoms with Crippen LogP contribution in [-0.2, 0) is 16.0 Å². The summed E-state index contributed by atoms with van der Waals surface area (Å²) >= 11 is 0. The molecule has 0 amide bonds. The summed E-state index contributed by atoms with van der Waals surface area (Å²) in [5.41, 5.74) is 1.20. The number of methoxy groups -OCH3 is 1. The number of nitrogens with zero attached hydrogens (tertiary/aromatic N) is 1. The minimum absolute atomic E-state index is 0.00141. The SMILES string of the molecule is COC(=O)c1ccccc1CN1CC(CO)OC(C)(C)C1. The second-order valence-electron chi connectivity index (χ2n) is 6.00. The van der Waals surface area contributed by atoms with Crippen molar-refractivity contribution in [3.63, 3.8) is 0 Å². The fraction of sp³-hybridized carbons (Fsp3) is 0.562. The summed E-state index contributed by atoms with van der Waals surface area (Å²) in [5.74, 6) is -0.322. The average Bonchev–Trinajstić information content (AvgIpc) is 2.45. The van der Waals surface area contributed by atoms with Crippen LogP contribution in [0.2, 0.25) is 0 Å². The molecule has 0 aromatic heterocycles. The van der Waals surface area contributed by atoms with Crippen molar-refractivity contribution in [3.05, 3.63) is 35.4 Å². The molecule has 5 nitrogen and oxygen atoms in total. The Hall–Kier alpha value is -1.43. The van der Waals surface area contributed by atoms with Gasteiger partial charge in [0.1, 0.15) is 0 Å². The number of hydrogen-bond donors (Lipinski definition) is 1. The Labute approximate surface area is 125 Å². The topological polar surface area (TPSA) is 59.0 Å². The lowest BCUT2D eigenvalue weighted by Gasteiger charge is -2.42. The molecule has 0 saturated carbocycles. The van der Waals surface area contributed by atoms with E-state index in [4.69, 9.17) is 9.47 Å². The highest BCUT2D eigenvalue weighted by Gasteiger charge is 2.33. The van der Waals surface area contributed by atoms with Gasteiger partial charge in [-0.2, -0.15) is 0 Å². The molecule has 1 aliphatic rings. The first kappa shape index (κ1) is 15.9. The zero-order chi connectivity index (χ0) is 15.5. The van der Waals surface area contributed by atoms with Crippen molar-refractivity contribution in [2.45, 2.75) is 32.1 Å². The molecule has 1 heterocycles. The quantitative estimate of drug-likeness (QED) is 0.851. The van der Waals surface area contributed by atoms with Crippen LogP contribution in [0, 0.1) is 0 Å². The van der Waals surface area contributed by atoms with E-state index in [0.717, 1.165) is 12.1 Å². The first-order chi connectivity index (χ1) is 9.95. The fourth-order valence-electron chi connectivity index (χ4n) is 2.84. The van der Waals surface area contributed by atoms with E-state index in [1.54, 1.807) is 6.07 Å². The van der Waals surface area contributed by atoms with Crippen LogP contribution in [0.25, 0.3) is 0 Å². The van der Waals surface area contributed by atoms with Gasteiger partial charge in [-0.1, -0.05) is 18.2 Å². The molecule has 5 heteroatoms. The Morgan fingerprint density at radius 2 is 2.19 bits per heavy atom. The summed E-state index contributed by atoms with van der Waals surface area (Å²) < 4.78 is 10.6. The Morgan fingerprint density at radius 3 is 2.86 bits per heavy atom. The maximum atomic E-state index is 11.8. The molecule has 116 valence electrons. The number of rotatable bonds is 4. The third-order valence-corrected chi connectivity index (χ3v) is 3.57. The molecule has 0 aliphatic carbocycles. The van der Waals surface area contributed by atoms with Gasteiger partial charge in [-0.05, 0) is 25.5 Å². The van der Waals surface area contributed by atoms with Crippen molar-refractivity contribution in [3.8, 4) is 0 Å². The van der Waals surface area contributed by atoms with Gasteiger partial charge in [0.15, 0.2) is 0 Å². The van der Waals surface area contributed by atoms with E-state index in [1.165, 1.54) is 7.11 Å². The molecule has 1 atom stereocenters. The number of ether oxygens (including phenoxy) is 2. The third kappa shape index (κ3) is 4.03. The van der Waals surface area contributed by atoms with Gasteiger partial charge in [0.25, 0.3) is 0 Å². The number of hydrogen-bond acceptors (Lipinski definition) is 5. The molecule has 0 radical (unpaired) electrons. The highest BCUT2D eigenvalue weighted by atomic mass is 16.5. The number of esters is 1. The molecule has 1 unspecified atom stereocenters. The van der Waals surface area contributed by atoms with E-state index in [1.807, 2.05) is 32.0 Å². The van der Waals surface area contributed by atoms with Gasteiger partial charge in [0, 0.05) is 19.6 Å². The molecular weight excluding hydrogens is 270 g/mol. The normalized spacial score (nSPS) is 22.0. The highest BCUT2D eigenvalue weighted by molar-refractivity contribution is 5.90. The van der Waals surface area contributed by atoms with Gasteiger partial charge < -0.3 is 14.6 Å². The Kier molecular flexibility index (Phi) is 4.98. The number of aliphatic hydroxyl groups is 1. The molecule has 1 aromatic rings. The molecule has 0 spiro atoms. The monoisotopic (exact) mass is 293 g/mol. The van der Waals surface area contributed by atoms with Crippen LogP contribution < -0.4 is 0 Å². The lowest BCUT2D eigenvalue weighted by Crippen LogP contribution is -2.53. The lowest BCUT2D eigenvalue weighted by atomic mass is 10.0. The number of aliphatic hydroxyl groups excluding tert-OH is 1. The molecule has 1 fully saturated rings. The van der Waals surface area contributed by atoms with E-state index in [-0.39, 0.29) is 24.3 Å². The van der Waals surface area contributed by atoms with Crippen LogP contribution in [0.3, 0.4) is 0 Å². The zero-order valence-corrected chi connectivity index (χ0v) is 12.8. The fourth-order valence-corrected chi connectivity index (χ4v) is 2.84. The van der Waals surface area contributed by atoms with E-state index >= 15 is 0 Å². The van der Waals surface area contributed by atoms with Gasteiger partial charge in [0.05, 0.1) is 31.0 Å². The number of morpholine rings is 1. The van der Waals surface area contributed by atoms with Crippen LogP contribution in [-0.4, -0.2) is 54.5 Å². The van der Waals surface area contributed by atoms with Gasteiger partial charge in [-0.3, -0.25) is 4.90 Å². The average molecular weight is 293 g/mol. The second kappa shape index (κ2) is 6.56. The molecule has 1 aromatic carbocycles. The maximum Gasteiger partial charge on any atom is 0.338 e. The standard InChI is InChI=1S/C16H23NO4/c1-16(2)11-17(9-13(10-18)21-16)8-12-6-4-5-7-14(12)15(19)20-3/h4-7,13,18H,8-11H2,1-3H3. The molecule has 2 rings (SSSR count). The molecule has 1 saturated heterocycles. The van der Waals surface area contributed by atoms with E-state index in [0.29, 0.717) is 18.7 Å². The van der Waals surface area contributed by atoms with Crippen molar-refractivity contribution in [2.75, 3.05) is 26.8 Å². The summed E-state index contributed by atoms with van der Waals surface area (Å²) in [5, 5.41) is 9.36. The van der Waals surface area contributed by atoms with Crippen LogP contribution in [0.1, 0.15) is 29.8 Å². The molecule has 1 aliphatic heterocycles. The highest BCUT2D eigenvalue weighted by Crippen LogP contribution is 2.23. The summed E-state index contributed by atoms with van der Waals surface area (Å²) in [7, 11) is 1.39. The smallest absolute Gasteiger partial charge is 0.338 e. The van der Waals surface area contributed by atoms with Crippen LogP contribution >= 0.6 is 0 Å². The van der Waals surface area contributed by atoms with Crippen LogP contribution in [0.4, 0.5) is 0 Å². The molecular formula is C16H23NO4. The first-order valence-electron chi connectivity index (χ1n) is 7.12. The van der Waals surface area contributed by atoms with Crippen molar-refractivity contribution >= 4 is 5.97 Å². The summed E-state index contributed by atoms with van der Waals surface area (Å²) in [4.78, 5) is 14.0. The minimum atomic E-state index is -0.322. The second-order valence-corrected chi connectivity index (χ2v) is 6.00. The molecule has 21 heavy (non-hydrogen) atoms. The van der Waals surface area contributed by atoms with Gasteiger partial charge in [-0.25, -0.2) is 4.79 Å². The summed E-state index contributed by atoms with van der Waals surface area (Å²) in [6.45, 7) is 6.05. The largest absolute Gasteiger partial charge is 0.465 e. The van der Waals surface area contributed by atoms with E-state index in [9.17, 15) is 9.90 Å². The Bertz CT molecular complexity index is 501. The van der Waals surface area contributed by atoms with Gasteiger partial charge >= 0.3 is 5.97 Å². The first-order valence-corrected chi connectivity index (χ1v) is 7.12. The Morgan fingerprint density at radius 1 is 1.48 bits per heavy atom. The number of benzene rings is 1. The Balaban J connectivity index is 2.16. The van der Waals surface area contributed by atoms with Crippen molar-refractivity contribution in [1.29, 1.82) is 0 Å². The third-order valence-electron chi connectivity index (χ3n) is 3.57. The summed E-state index contributed by atoms with van der Waals surface area (Å²) in [6.07, 6.45) is -0.195. The minimum Gasteiger partial charge on any atom is -0.465 e. The predicted molar refractivity (Wildman–Crippen MR) is 79.1 cm³/mol. The van der Waals surface area contributed by atoms with Crippen LogP contribution in [0.5, 0.6) is 0 Å². The van der Waals surface area contributed by atoms with E-state index < -0.39 is 0 Å².